The van der Waals surface area contributed by atoms with Crippen molar-refractivity contribution >= 4 is 22.8 Å². The molecule has 0 saturated carbocycles. The van der Waals surface area contributed by atoms with E-state index in [1.807, 2.05) is 12.1 Å². The van der Waals surface area contributed by atoms with Crippen molar-refractivity contribution in [1.29, 1.82) is 0 Å². The first kappa shape index (κ1) is 20.0. The normalized spacial score (nSPS) is 10.7. The lowest BCUT2D eigenvalue weighted by Crippen LogP contribution is -2.22. The predicted octanol–water partition coefficient (Wildman–Crippen LogP) is 3.55. The molecule has 0 aliphatic heterocycles. The summed E-state index contributed by atoms with van der Waals surface area (Å²) in [5, 5.41) is 23.1. The smallest absolute Gasteiger partial charge is 0.335 e. The van der Waals surface area contributed by atoms with Gasteiger partial charge in [-0.2, -0.15) is 0 Å². The molecule has 2 aromatic carbocycles. The molecule has 31 heavy (non-hydrogen) atoms. The van der Waals surface area contributed by atoms with Crippen molar-refractivity contribution in [2.75, 3.05) is 0 Å². The van der Waals surface area contributed by atoms with Crippen LogP contribution in [-0.2, 0) is 13.0 Å². The van der Waals surface area contributed by atoms with Gasteiger partial charge in [-0.1, -0.05) is 12.1 Å². The molecule has 4 rings (SSSR count). The third-order valence-corrected chi connectivity index (χ3v) is 4.98. The Morgan fingerprint density at radius 3 is 2.32 bits per heavy atom. The van der Waals surface area contributed by atoms with Crippen molar-refractivity contribution in [2.24, 2.45) is 0 Å². The molecular formula is C24H19N3O4. The Morgan fingerprint density at radius 2 is 1.61 bits per heavy atom. The van der Waals surface area contributed by atoms with E-state index in [-0.39, 0.29) is 17.2 Å². The van der Waals surface area contributed by atoms with Crippen molar-refractivity contribution in [1.82, 2.24) is 15.3 Å². The quantitative estimate of drug-likeness (QED) is 0.446. The lowest BCUT2D eigenvalue weighted by molar-refractivity contribution is 0.0696. The van der Waals surface area contributed by atoms with E-state index in [9.17, 15) is 14.7 Å². The van der Waals surface area contributed by atoms with Gasteiger partial charge in [0, 0.05) is 48.1 Å². The number of aromatic nitrogens is 2. The molecule has 0 spiro atoms. The monoisotopic (exact) mass is 413 g/mol. The second kappa shape index (κ2) is 8.62. The van der Waals surface area contributed by atoms with Crippen LogP contribution in [-0.4, -0.2) is 32.1 Å². The molecular weight excluding hydrogens is 394 g/mol. The maximum absolute atomic E-state index is 12.6. The highest BCUT2D eigenvalue weighted by Gasteiger charge is 2.13. The molecule has 0 unspecified atom stereocenters. The van der Waals surface area contributed by atoms with Crippen LogP contribution in [0.15, 0.2) is 73.2 Å². The number of hydrogen-bond acceptors (Lipinski definition) is 5. The Hall–Kier alpha value is -4.26. The maximum Gasteiger partial charge on any atom is 0.335 e. The first-order chi connectivity index (χ1) is 15.0. The van der Waals surface area contributed by atoms with Crippen molar-refractivity contribution in [3.05, 3.63) is 101 Å². The number of pyridine rings is 2. The highest BCUT2D eigenvalue weighted by atomic mass is 16.4. The lowest BCUT2D eigenvalue weighted by Gasteiger charge is -2.10. The SMILES string of the molecule is O=C(O)c1ccc(Cc2cnc3ccc(C(=O)NCc4ccncc4)cc3c2O)cc1. The molecule has 7 heteroatoms. The van der Waals surface area contributed by atoms with Crippen molar-refractivity contribution in [2.45, 2.75) is 13.0 Å². The Balaban J connectivity index is 1.56. The molecule has 0 fully saturated rings. The van der Waals surface area contributed by atoms with Gasteiger partial charge in [0.1, 0.15) is 5.75 Å². The first-order valence-corrected chi connectivity index (χ1v) is 9.61. The average Bonchev–Trinajstić information content (AvgIpc) is 2.80. The average molecular weight is 413 g/mol. The van der Waals surface area contributed by atoms with Crippen LogP contribution in [0.1, 0.15) is 37.4 Å². The number of nitrogens with zero attached hydrogens (tertiary/aromatic N) is 2. The number of carboxylic acids is 1. The fourth-order valence-electron chi connectivity index (χ4n) is 3.26. The molecule has 4 aromatic rings. The van der Waals surface area contributed by atoms with Gasteiger partial charge in [-0.05, 0) is 53.6 Å². The van der Waals surface area contributed by atoms with Crippen LogP contribution in [0.3, 0.4) is 0 Å². The van der Waals surface area contributed by atoms with Gasteiger partial charge in [-0.3, -0.25) is 14.8 Å². The zero-order valence-corrected chi connectivity index (χ0v) is 16.4. The number of benzene rings is 2. The van der Waals surface area contributed by atoms with Crippen LogP contribution in [0.25, 0.3) is 10.9 Å². The van der Waals surface area contributed by atoms with E-state index in [0.717, 1.165) is 11.1 Å². The van der Waals surface area contributed by atoms with Crippen molar-refractivity contribution in [3.8, 4) is 5.75 Å². The van der Waals surface area contributed by atoms with E-state index in [1.165, 1.54) is 12.1 Å². The van der Waals surface area contributed by atoms with Gasteiger partial charge < -0.3 is 15.5 Å². The third-order valence-electron chi connectivity index (χ3n) is 4.98. The summed E-state index contributed by atoms with van der Waals surface area (Å²) in [5.41, 5.74) is 3.56. The van der Waals surface area contributed by atoms with Crippen molar-refractivity contribution < 1.29 is 19.8 Å². The minimum absolute atomic E-state index is 0.0519. The van der Waals surface area contributed by atoms with Crippen LogP contribution < -0.4 is 5.32 Å². The van der Waals surface area contributed by atoms with Gasteiger partial charge in [0.25, 0.3) is 5.91 Å². The van der Waals surface area contributed by atoms with E-state index < -0.39 is 5.97 Å². The highest BCUT2D eigenvalue weighted by molar-refractivity contribution is 5.99. The molecule has 0 atom stereocenters. The number of fused-ring (bicyclic) bond motifs is 1. The standard InChI is InChI=1S/C24H19N3O4/c28-22-19(11-15-1-3-17(4-2-15)24(30)31)14-26-21-6-5-18(12-20(21)22)23(29)27-13-16-7-9-25-10-8-16/h1-10,12,14H,11,13H2,(H,26,28)(H,27,29)(H,30,31). The van der Waals surface area contributed by atoms with Crippen LogP contribution in [0, 0.1) is 0 Å². The molecule has 2 aromatic heterocycles. The van der Waals surface area contributed by atoms with Crippen LogP contribution in [0.5, 0.6) is 5.75 Å². The number of aromatic carboxylic acids is 1. The van der Waals surface area contributed by atoms with Crippen LogP contribution >= 0.6 is 0 Å². The number of rotatable bonds is 6. The van der Waals surface area contributed by atoms with Gasteiger partial charge in [0.15, 0.2) is 0 Å². The summed E-state index contributed by atoms with van der Waals surface area (Å²) >= 11 is 0. The zero-order chi connectivity index (χ0) is 21.8. The van der Waals surface area contributed by atoms with E-state index in [2.05, 4.69) is 15.3 Å². The van der Waals surface area contributed by atoms with Gasteiger partial charge >= 0.3 is 5.97 Å². The van der Waals surface area contributed by atoms with Gasteiger partial charge in [0.2, 0.25) is 0 Å². The van der Waals surface area contributed by atoms with E-state index in [0.29, 0.717) is 35.0 Å². The van der Waals surface area contributed by atoms with Gasteiger partial charge in [0.05, 0.1) is 11.1 Å². The molecule has 2 heterocycles. The summed E-state index contributed by atoms with van der Waals surface area (Å²) in [6.07, 6.45) is 5.30. The zero-order valence-electron chi connectivity index (χ0n) is 16.4. The largest absolute Gasteiger partial charge is 0.507 e. The van der Waals surface area contributed by atoms with E-state index in [4.69, 9.17) is 5.11 Å². The summed E-state index contributed by atoms with van der Waals surface area (Å²) in [4.78, 5) is 31.9. The summed E-state index contributed by atoms with van der Waals surface area (Å²) in [6.45, 7) is 0.371. The number of carboxylic acid groups (broad SMARTS) is 1. The molecule has 0 aliphatic rings. The Kier molecular flexibility index (Phi) is 5.57. The number of carbonyl (C=O) groups is 2. The van der Waals surface area contributed by atoms with Gasteiger partial charge in [-0.25, -0.2) is 4.79 Å². The Bertz CT molecular complexity index is 1260. The highest BCUT2D eigenvalue weighted by Crippen LogP contribution is 2.29. The first-order valence-electron chi connectivity index (χ1n) is 9.61. The summed E-state index contributed by atoms with van der Waals surface area (Å²) < 4.78 is 0. The van der Waals surface area contributed by atoms with E-state index >= 15 is 0 Å². The summed E-state index contributed by atoms with van der Waals surface area (Å²) in [6, 6.07) is 15.1. The topological polar surface area (TPSA) is 112 Å². The fraction of sp³-hybridized carbons (Fsp3) is 0.0833. The molecule has 154 valence electrons. The second-order valence-electron chi connectivity index (χ2n) is 7.08. The third kappa shape index (κ3) is 4.51. The van der Waals surface area contributed by atoms with Crippen LogP contribution in [0.4, 0.5) is 0 Å². The summed E-state index contributed by atoms with van der Waals surface area (Å²) in [5.74, 6) is -1.19. The van der Waals surface area contributed by atoms with Crippen LogP contribution in [0.2, 0.25) is 0 Å². The molecule has 3 N–H and O–H groups in total. The molecule has 0 aliphatic carbocycles. The number of amides is 1. The number of carbonyl (C=O) groups excluding carboxylic acids is 1. The van der Waals surface area contributed by atoms with E-state index in [1.54, 1.807) is 48.9 Å². The molecule has 7 nitrogen and oxygen atoms in total. The molecule has 0 radical (unpaired) electrons. The summed E-state index contributed by atoms with van der Waals surface area (Å²) in [7, 11) is 0. The fourth-order valence-corrected chi connectivity index (χ4v) is 3.26. The molecule has 0 bridgehead atoms. The Morgan fingerprint density at radius 1 is 0.903 bits per heavy atom. The second-order valence-corrected chi connectivity index (χ2v) is 7.08. The lowest BCUT2D eigenvalue weighted by atomic mass is 10.0. The Labute approximate surface area is 178 Å². The predicted molar refractivity (Wildman–Crippen MR) is 115 cm³/mol. The maximum atomic E-state index is 12.6. The minimum Gasteiger partial charge on any atom is -0.507 e. The molecule has 0 saturated heterocycles. The van der Waals surface area contributed by atoms with Crippen molar-refractivity contribution in [3.63, 3.8) is 0 Å². The molecule has 1 amide bonds. The number of nitrogens with one attached hydrogen (secondary N) is 1. The van der Waals surface area contributed by atoms with Gasteiger partial charge in [-0.15, -0.1) is 0 Å². The number of hydrogen-bond donors (Lipinski definition) is 3. The minimum atomic E-state index is -0.989. The number of aromatic hydroxyl groups is 1.